The molecule has 2 heterocycles. The third-order valence-electron chi connectivity index (χ3n) is 3.94. The lowest BCUT2D eigenvalue weighted by Crippen LogP contribution is -2.38. The first kappa shape index (κ1) is 18.0. The maximum absolute atomic E-state index is 12.1. The summed E-state index contributed by atoms with van der Waals surface area (Å²) in [6.45, 7) is 5.86. The van der Waals surface area contributed by atoms with Gasteiger partial charge in [0.2, 0.25) is 5.82 Å². The molecule has 1 amide bonds. The zero-order valence-electron chi connectivity index (χ0n) is 14.0. The van der Waals surface area contributed by atoms with E-state index in [1.165, 1.54) is 11.0 Å². The van der Waals surface area contributed by atoms with Crippen LogP contribution in [0.15, 0.2) is 18.9 Å². The standard InChI is InChI=1S/C16H23N3O5/c1-4-6-24-16(22)19-10-13(20)8-11(19)7-12-9-17-14(18(12)3)15(21)23-5-2/h4,9,11,13,20H,1,5-8,10H2,2-3H3/t11-,13-/m1/s1. The van der Waals surface area contributed by atoms with Crippen LogP contribution < -0.4 is 0 Å². The molecule has 132 valence electrons. The van der Waals surface area contributed by atoms with Crippen LogP contribution in [0.1, 0.15) is 29.7 Å². The Bertz CT molecular complexity index is 613. The van der Waals surface area contributed by atoms with Crippen LogP contribution in [0.2, 0.25) is 0 Å². The molecule has 2 rings (SSSR count). The summed E-state index contributed by atoms with van der Waals surface area (Å²) in [5.74, 6) is -0.272. The molecule has 0 saturated carbocycles. The lowest BCUT2D eigenvalue weighted by Gasteiger charge is -2.23. The van der Waals surface area contributed by atoms with Crippen molar-refractivity contribution in [1.82, 2.24) is 14.5 Å². The number of carbonyl (C=O) groups is 2. The molecule has 8 nitrogen and oxygen atoms in total. The van der Waals surface area contributed by atoms with Crippen molar-refractivity contribution in [3.63, 3.8) is 0 Å². The predicted octanol–water partition coefficient (Wildman–Crippen LogP) is 0.897. The minimum Gasteiger partial charge on any atom is -0.460 e. The molecule has 1 N–H and O–H groups in total. The van der Waals surface area contributed by atoms with Gasteiger partial charge in [0.1, 0.15) is 6.61 Å². The molecule has 1 aliphatic heterocycles. The van der Waals surface area contributed by atoms with Crippen molar-refractivity contribution >= 4 is 12.1 Å². The Morgan fingerprint density at radius 2 is 2.25 bits per heavy atom. The van der Waals surface area contributed by atoms with Gasteiger partial charge in [-0.25, -0.2) is 14.6 Å². The van der Waals surface area contributed by atoms with Gasteiger partial charge in [0.25, 0.3) is 0 Å². The molecule has 0 aromatic carbocycles. The van der Waals surface area contributed by atoms with Gasteiger partial charge < -0.3 is 24.0 Å². The fourth-order valence-corrected chi connectivity index (χ4v) is 2.78. The van der Waals surface area contributed by atoms with Gasteiger partial charge in [0.05, 0.1) is 19.3 Å². The van der Waals surface area contributed by atoms with E-state index in [0.29, 0.717) is 12.8 Å². The lowest BCUT2D eigenvalue weighted by molar-refractivity contribution is 0.0507. The molecule has 1 aromatic heterocycles. The first-order valence-electron chi connectivity index (χ1n) is 7.88. The molecular weight excluding hydrogens is 314 g/mol. The molecule has 8 heteroatoms. The molecule has 1 fully saturated rings. The van der Waals surface area contributed by atoms with E-state index in [0.717, 1.165) is 5.69 Å². The largest absolute Gasteiger partial charge is 0.460 e. The molecule has 1 aromatic rings. The number of aromatic nitrogens is 2. The van der Waals surface area contributed by atoms with Crippen LogP contribution in [0, 0.1) is 0 Å². The summed E-state index contributed by atoms with van der Waals surface area (Å²) >= 11 is 0. The molecule has 0 unspecified atom stereocenters. The molecule has 0 spiro atoms. The van der Waals surface area contributed by atoms with Crippen molar-refractivity contribution in [2.24, 2.45) is 7.05 Å². The maximum atomic E-state index is 12.1. The van der Waals surface area contributed by atoms with Gasteiger partial charge in [0.15, 0.2) is 0 Å². The molecule has 2 atom stereocenters. The van der Waals surface area contributed by atoms with Gasteiger partial charge in [-0.05, 0) is 13.3 Å². The highest BCUT2D eigenvalue weighted by atomic mass is 16.6. The van der Waals surface area contributed by atoms with Crippen LogP contribution in [-0.4, -0.2) is 63.5 Å². The molecule has 0 aliphatic carbocycles. The normalized spacial score (nSPS) is 20.0. The number of aliphatic hydroxyl groups excluding tert-OH is 1. The molecule has 0 bridgehead atoms. The second-order valence-electron chi connectivity index (χ2n) is 5.62. The monoisotopic (exact) mass is 337 g/mol. The number of amides is 1. The zero-order chi connectivity index (χ0) is 17.7. The van der Waals surface area contributed by atoms with Crippen LogP contribution >= 0.6 is 0 Å². The fourth-order valence-electron chi connectivity index (χ4n) is 2.78. The van der Waals surface area contributed by atoms with Crippen molar-refractivity contribution in [3.8, 4) is 0 Å². The Kier molecular flexibility index (Phi) is 5.97. The SMILES string of the molecule is C=CCOC(=O)N1C[C@H](O)C[C@H]1Cc1cnc(C(=O)OCC)n1C. The summed E-state index contributed by atoms with van der Waals surface area (Å²) in [6, 6.07) is -0.220. The molecule has 1 aliphatic rings. The second kappa shape index (κ2) is 7.96. The van der Waals surface area contributed by atoms with Crippen LogP contribution in [0.3, 0.4) is 0 Å². The van der Waals surface area contributed by atoms with Crippen molar-refractivity contribution in [2.45, 2.75) is 31.9 Å². The highest BCUT2D eigenvalue weighted by molar-refractivity contribution is 5.85. The van der Waals surface area contributed by atoms with E-state index in [4.69, 9.17) is 9.47 Å². The number of carbonyl (C=O) groups excluding carboxylic acids is 2. The van der Waals surface area contributed by atoms with Crippen molar-refractivity contribution in [1.29, 1.82) is 0 Å². The third kappa shape index (κ3) is 3.94. The summed E-state index contributed by atoms with van der Waals surface area (Å²) in [6.07, 6.45) is 2.91. The van der Waals surface area contributed by atoms with E-state index in [1.807, 2.05) is 0 Å². The average molecular weight is 337 g/mol. The molecular formula is C16H23N3O5. The average Bonchev–Trinajstić information content (AvgIpc) is 3.09. The fraction of sp³-hybridized carbons (Fsp3) is 0.562. The van der Waals surface area contributed by atoms with E-state index in [2.05, 4.69) is 11.6 Å². The first-order valence-corrected chi connectivity index (χ1v) is 7.88. The van der Waals surface area contributed by atoms with Gasteiger partial charge in [0, 0.05) is 31.4 Å². The van der Waals surface area contributed by atoms with Gasteiger partial charge in [-0.2, -0.15) is 0 Å². The highest BCUT2D eigenvalue weighted by Crippen LogP contribution is 2.23. The number of nitrogens with zero attached hydrogens (tertiary/aromatic N) is 3. The smallest absolute Gasteiger partial charge is 0.410 e. The summed E-state index contributed by atoms with van der Waals surface area (Å²) < 4.78 is 11.7. The van der Waals surface area contributed by atoms with Crippen molar-refractivity contribution in [3.05, 3.63) is 30.4 Å². The Hall–Kier alpha value is -2.35. The highest BCUT2D eigenvalue weighted by Gasteiger charge is 2.36. The van der Waals surface area contributed by atoms with Crippen molar-refractivity contribution < 1.29 is 24.2 Å². The van der Waals surface area contributed by atoms with Gasteiger partial charge in [-0.15, -0.1) is 0 Å². The number of hydrogen-bond donors (Lipinski definition) is 1. The number of hydrogen-bond acceptors (Lipinski definition) is 6. The predicted molar refractivity (Wildman–Crippen MR) is 85.5 cm³/mol. The maximum Gasteiger partial charge on any atom is 0.410 e. The van der Waals surface area contributed by atoms with Crippen LogP contribution in [0.4, 0.5) is 4.79 Å². The van der Waals surface area contributed by atoms with Gasteiger partial charge in [-0.3, -0.25) is 0 Å². The minimum atomic E-state index is -0.593. The number of esters is 1. The molecule has 24 heavy (non-hydrogen) atoms. The number of likely N-dealkylation sites (tertiary alicyclic amines) is 1. The number of imidazole rings is 1. The summed E-state index contributed by atoms with van der Waals surface area (Å²) in [7, 11) is 1.72. The van der Waals surface area contributed by atoms with E-state index < -0.39 is 18.2 Å². The van der Waals surface area contributed by atoms with E-state index in [9.17, 15) is 14.7 Å². The van der Waals surface area contributed by atoms with E-state index in [1.54, 1.807) is 24.7 Å². The van der Waals surface area contributed by atoms with Crippen LogP contribution in [0.25, 0.3) is 0 Å². The van der Waals surface area contributed by atoms with E-state index in [-0.39, 0.29) is 31.6 Å². The Balaban J connectivity index is 2.09. The Labute approximate surface area is 140 Å². The van der Waals surface area contributed by atoms with Crippen LogP contribution in [-0.2, 0) is 22.9 Å². The van der Waals surface area contributed by atoms with Crippen molar-refractivity contribution in [2.75, 3.05) is 19.8 Å². The first-order chi connectivity index (χ1) is 11.5. The topological polar surface area (TPSA) is 93.9 Å². The molecule has 0 radical (unpaired) electrons. The minimum absolute atomic E-state index is 0.122. The number of β-amino-alcohol motifs (C(OH)–C–C–N with tert-alkyl or cyclic N) is 1. The number of ether oxygens (including phenoxy) is 2. The lowest BCUT2D eigenvalue weighted by atomic mass is 10.1. The van der Waals surface area contributed by atoms with Crippen LogP contribution in [0.5, 0.6) is 0 Å². The summed E-state index contributed by atoms with van der Waals surface area (Å²) in [5.41, 5.74) is 0.777. The number of rotatable bonds is 6. The zero-order valence-corrected chi connectivity index (χ0v) is 14.0. The summed E-state index contributed by atoms with van der Waals surface area (Å²) in [5, 5.41) is 9.89. The Morgan fingerprint density at radius 3 is 2.92 bits per heavy atom. The third-order valence-corrected chi connectivity index (χ3v) is 3.94. The van der Waals surface area contributed by atoms with Gasteiger partial charge in [-0.1, -0.05) is 12.7 Å². The second-order valence-corrected chi connectivity index (χ2v) is 5.62. The number of aliphatic hydroxyl groups is 1. The quantitative estimate of drug-likeness (QED) is 0.612. The Morgan fingerprint density at radius 1 is 1.50 bits per heavy atom. The van der Waals surface area contributed by atoms with Gasteiger partial charge >= 0.3 is 12.1 Å². The van der Waals surface area contributed by atoms with E-state index >= 15 is 0 Å². The summed E-state index contributed by atoms with van der Waals surface area (Å²) in [4.78, 5) is 29.5. The molecule has 1 saturated heterocycles.